The van der Waals surface area contributed by atoms with Gasteiger partial charge in [0.1, 0.15) is 0 Å². The molecule has 1 saturated carbocycles. The Kier molecular flexibility index (Phi) is 3.66. The average Bonchev–Trinajstić information content (AvgIpc) is 3.08. The first-order valence-electron chi connectivity index (χ1n) is 6.78. The van der Waals surface area contributed by atoms with Gasteiger partial charge in [0.2, 0.25) is 0 Å². The summed E-state index contributed by atoms with van der Waals surface area (Å²) in [4.78, 5) is 1.13. The Morgan fingerprint density at radius 2 is 1.79 bits per heavy atom. The minimum absolute atomic E-state index is 0.00454. The van der Waals surface area contributed by atoms with Crippen molar-refractivity contribution in [3.63, 3.8) is 0 Å². The zero-order valence-corrected chi connectivity index (χ0v) is 12.4. The van der Waals surface area contributed by atoms with E-state index in [1.54, 1.807) is 11.3 Å². The molecule has 1 aromatic carbocycles. The van der Waals surface area contributed by atoms with Gasteiger partial charge in [0, 0.05) is 10.3 Å². The monoisotopic (exact) mass is 291 g/mol. The predicted octanol–water partition coefficient (Wildman–Crippen LogP) is 4.91. The molecule has 0 amide bonds. The van der Waals surface area contributed by atoms with Crippen LogP contribution in [0.4, 0.5) is 0 Å². The quantitative estimate of drug-likeness (QED) is 0.854. The van der Waals surface area contributed by atoms with Gasteiger partial charge in [-0.15, -0.1) is 11.3 Å². The molecule has 3 rings (SSSR count). The lowest BCUT2D eigenvalue weighted by atomic mass is 9.72. The van der Waals surface area contributed by atoms with Crippen LogP contribution >= 0.6 is 22.9 Å². The van der Waals surface area contributed by atoms with E-state index in [1.165, 1.54) is 18.4 Å². The van der Waals surface area contributed by atoms with Crippen molar-refractivity contribution in [1.82, 2.24) is 0 Å². The van der Waals surface area contributed by atoms with Gasteiger partial charge in [0.25, 0.3) is 0 Å². The van der Waals surface area contributed by atoms with Gasteiger partial charge in [-0.3, -0.25) is 0 Å². The molecule has 0 saturated heterocycles. The molecule has 3 heteroatoms. The predicted molar refractivity (Wildman–Crippen MR) is 82.8 cm³/mol. The van der Waals surface area contributed by atoms with Crippen molar-refractivity contribution in [2.75, 3.05) is 0 Å². The molecule has 1 unspecified atom stereocenters. The second-order valence-corrected chi connectivity index (χ2v) is 6.69. The van der Waals surface area contributed by atoms with Crippen molar-refractivity contribution >= 4 is 22.9 Å². The van der Waals surface area contributed by atoms with E-state index in [0.717, 1.165) is 22.7 Å². The summed E-state index contributed by atoms with van der Waals surface area (Å²) in [6.07, 6.45) is 4.83. The van der Waals surface area contributed by atoms with Crippen LogP contribution in [0.1, 0.15) is 42.2 Å². The van der Waals surface area contributed by atoms with Crippen LogP contribution in [0.5, 0.6) is 0 Å². The highest BCUT2D eigenvalue weighted by molar-refractivity contribution is 7.10. The summed E-state index contributed by atoms with van der Waals surface area (Å²) < 4.78 is 0. The molecule has 1 heterocycles. The number of rotatable bonds is 3. The Bertz CT molecular complexity index is 543. The van der Waals surface area contributed by atoms with E-state index in [9.17, 15) is 0 Å². The molecule has 0 radical (unpaired) electrons. The normalized spacial score (nSPS) is 19.5. The number of thiophene rings is 1. The lowest BCUT2D eigenvalue weighted by molar-refractivity contribution is 0.360. The average molecular weight is 292 g/mol. The fourth-order valence-electron chi connectivity index (χ4n) is 3.33. The van der Waals surface area contributed by atoms with E-state index in [0.29, 0.717) is 0 Å². The highest BCUT2D eigenvalue weighted by Crippen LogP contribution is 2.50. The van der Waals surface area contributed by atoms with Crippen molar-refractivity contribution < 1.29 is 0 Å². The zero-order valence-electron chi connectivity index (χ0n) is 10.8. The Balaban J connectivity index is 2.04. The Hall–Kier alpha value is -0.830. The second kappa shape index (κ2) is 5.28. The molecule has 1 nitrogen and oxygen atoms in total. The van der Waals surface area contributed by atoms with Crippen LogP contribution in [0.15, 0.2) is 41.8 Å². The molecule has 2 aromatic rings. The maximum absolute atomic E-state index is 6.64. The fourth-order valence-corrected chi connectivity index (χ4v) is 4.63. The van der Waals surface area contributed by atoms with E-state index in [1.807, 2.05) is 11.4 Å². The van der Waals surface area contributed by atoms with Crippen LogP contribution in [0.25, 0.3) is 0 Å². The van der Waals surface area contributed by atoms with E-state index in [4.69, 9.17) is 17.3 Å². The van der Waals surface area contributed by atoms with Gasteiger partial charge in [-0.05, 0) is 29.9 Å². The third kappa shape index (κ3) is 2.22. The minimum atomic E-state index is 0.00454. The molecule has 1 aromatic heterocycles. The van der Waals surface area contributed by atoms with Crippen LogP contribution in [-0.2, 0) is 5.41 Å². The summed E-state index contributed by atoms with van der Waals surface area (Å²) >= 11 is 7.97. The smallest absolute Gasteiger partial charge is 0.0561 e. The SMILES string of the molecule is NC(c1sccc1Cl)C1(c2ccccc2)CCCC1. The Labute approximate surface area is 123 Å². The summed E-state index contributed by atoms with van der Waals surface area (Å²) in [6.45, 7) is 0. The van der Waals surface area contributed by atoms with Crippen LogP contribution in [0, 0.1) is 0 Å². The van der Waals surface area contributed by atoms with Crippen molar-refractivity contribution in [2.24, 2.45) is 5.73 Å². The summed E-state index contributed by atoms with van der Waals surface area (Å²) in [6, 6.07) is 12.7. The molecule has 1 fully saturated rings. The molecule has 100 valence electrons. The Morgan fingerprint density at radius 1 is 1.11 bits per heavy atom. The van der Waals surface area contributed by atoms with E-state index in [2.05, 4.69) is 30.3 Å². The number of benzene rings is 1. The minimum Gasteiger partial charge on any atom is -0.322 e. The molecule has 1 atom stereocenters. The number of hydrogen-bond donors (Lipinski definition) is 1. The van der Waals surface area contributed by atoms with Gasteiger partial charge < -0.3 is 5.73 Å². The van der Waals surface area contributed by atoms with Gasteiger partial charge in [-0.2, -0.15) is 0 Å². The number of nitrogens with two attached hydrogens (primary N) is 1. The molecule has 2 N–H and O–H groups in total. The summed E-state index contributed by atoms with van der Waals surface area (Å²) in [5.74, 6) is 0. The molecule has 19 heavy (non-hydrogen) atoms. The molecule has 0 aliphatic heterocycles. The summed E-state index contributed by atoms with van der Waals surface area (Å²) in [7, 11) is 0. The maximum atomic E-state index is 6.64. The summed E-state index contributed by atoms with van der Waals surface area (Å²) in [5.41, 5.74) is 8.07. The molecule has 0 spiro atoms. The lowest BCUT2D eigenvalue weighted by Gasteiger charge is -2.35. The Morgan fingerprint density at radius 3 is 2.37 bits per heavy atom. The van der Waals surface area contributed by atoms with E-state index >= 15 is 0 Å². The van der Waals surface area contributed by atoms with Crippen LogP contribution in [0.3, 0.4) is 0 Å². The first-order chi connectivity index (χ1) is 9.24. The van der Waals surface area contributed by atoms with E-state index < -0.39 is 0 Å². The van der Waals surface area contributed by atoms with Gasteiger partial charge in [0.15, 0.2) is 0 Å². The van der Waals surface area contributed by atoms with Crippen LogP contribution < -0.4 is 5.73 Å². The standard InChI is InChI=1S/C16H18ClNS/c17-13-8-11-19-14(13)15(18)16(9-4-5-10-16)12-6-2-1-3-7-12/h1-3,6-8,11,15H,4-5,9-10,18H2. The van der Waals surface area contributed by atoms with Crippen LogP contribution in [0.2, 0.25) is 5.02 Å². The molecule has 1 aliphatic rings. The van der Waals surface area contributed by atoms with Gasteiger partial charge in [0.05, 0.1) is 11.1 Å². The second-order valence-electron chi connectivity index (χ2n) is 5.34. The molecular weight excluding hydrogens is 274 g/mol. The third-order valence-corrected chi connectivity index (χ3v) is 5.81. The highest BCUT2D eigenvalue weighted by atomic mass is 35.5. The number of hydrogen-bond acceptors (Lipinski definition) is 2. The largest absolute Gasteiger partial charge is 0.322 e. The van der Waals surface area contributed by atoms with Crippen molar-refractivity contribution in [3.8, 4) is 0 Å². The van der Waals surface area contributed by atoms with Crippen molar-refractivity contribution in [1.29, 1.82) is 0 Å². The number of halogens is 1. The van der Waals surface area contributed by atoms with Crippen LogP contribution in [-0.4, -0.2) is 0 Å². The maximum Gasteiger partial charge on any atom is 0.0561 e. The molecule has 1 aliphatic carbocycles. The van der Waals surface area contributed by atoms with Crippen molar-refractivity contribution in [2.45, 2.75) is 37.1 Å². The third-order valence-electron chi connectivity index (χ3n) is 4.37. The topological polar surface area (TPSA) is 26.0 Å². The first-order valence-corrected chi connectivity index (χ1v) is 8.04. The van der Waals surface area contributed by atoms with Gasteiger partial charge >= 0.3 is 0 Å². The van der Waals surface area contributed by atoms with Gasteiger partial charge in [-0.1, -0.05) is 54.8 Å². The molecular formula is C16H18ClNS. The highest BCUT2D eigenvalue weighted by Gasteiger charge is 2.42. The van der Waals surface area contributed by atoms with Gasteiger partial charge in [-0.25, -0.2) is 0 Å². The molecule has 0 bridgehead atoms. The summed E-state index contributed by atoms with van der Waals surface area (Å²) in [5, 5.41) is 2.85. The first kappa shape index (κ1) is 13.2. The van der Waals surface area contributed by atoms with Crippen molar-refractivity contribution in [3.05, 3.63) is 57.2 Å². The fraction of sp³-hybridized carbons (Fsp3) is 0.375. The van der Waals surface area contributed by atoms with E-state index in [-0.39, 0.29) is 11.5 Å². The lowest BCUT2D eigenvalue weighted by Crippen LogP contribution is -2.36. The zero-order chi connectivity index (χ0) is 13.3.